The second-order valence-electron chi connectivity index (χ2n) is 10.7. The summed E-state index contributed by atoms with van der Waals surface area (Å²) in [6.07, 6.45) is 20.7. The van der Waals surface area contributed by atoms with Crippen LogP contribution in [0.5, 0.6) is 5.75 Å². The molecule has 0 bridgehead atoms. The molecule has 1 heterocycles. The highest BCUT2D eigenvalue weighted by Gasteiger charge is 2.21. The number of ether oxygens (including phenoxy) is 1. The maximum Gasteiger partial charge on any atom is 0.346 e. The molecule has 4 heteroatoms. The molecule has 1 fully saturated rings. The SMILES string of the molecule is CCCCCCCCCOc1ccc2cc(CCC3CCC(CCCCC)CC3)oc(=O)c2c1F. The van der Waals surface area contributed by atoms with Gasteiger partial charge in [0.2, 0.25) is 0 Å². The molecule has 1 aromatic heterocycles. The quantitative estimate of drug-likeness (QED) is 0.222. The van der Waals surface area contributed by atoms with Crippen molar-refractivity contribution in [2.75, 3.05) is 6.61 Å². The summed E-state index contributed by atoms with van der Waals surface area (Å²) in [5.41, 5.74) is -0.587. The van der Waals surface area contributed by atoms with Crippen molar-refractivity contribution in [3.63, 3.8) is 0 Å². The van der Waals surface area contributed by atoms with Crippen molar-refractivity contribution in [2.24, 2.45) is 11.8 Å². The summed E-state index contributed by atoms with van der Waals surface area (Å²) in [6, 6.07) is 5.29. The molecule has 0 spiro atoms. The number of hydrogen-bond donors (Lipinski definition) is 0. The van der Waals surface area contributed by atoms with Gasteiger partial charge in [-0.2, -0.15) is 0 Å². The van der Waals surface area contributed by atoms with E-state index in [1.54, 1.807) is 12.1 Å². The van der Waals surface area contributed by atoms with E-state index in [0.717, 1.165) is 31.6 Å². The Morgan fingerprint density at radius 2 is 1.49 bits per heavy atom. The molecule has 0 unspecified atom stereocenters. The lowest BCUT2D eigenvalue weighted by Crippen LogP contribution is -2.15. The van der Waals surface area contributed by atoms with Crippen LogP contribution in [-0.4, -0.2) is 6.61 Å². The Labute approximate surface area is 211 Å². The van der Waals surface area contributed by atoms with Gasteiger partial charge in [0.25, 0.3) is 0 Å². The number of hydrogen-bond acceptors (Lipinski definition) is 3. The summed E-state index contributed by atoms with van der Waals surface area (Å²) in [5.74, 6) is 1.84. The monoisotopic (exact) mass is 486 g/mol. The highest BCUT2D eigenvalue weighted by atomic mass is 19.1. The zero-order chi connectivity index (χ0) is 24.9. The first kappa shape index (κ1) is 27.7. The molecule has 1 aliphatic rings. The van der Waals surface area contributed by atoms with Crippen molar-refractivity contribution in [3.05, 3.63) is 40.2 Å². The van der Waals surface area contributed by atoms with Gasteiger partial charge in [-0.05, 0) is 42.2 Å². The van der Waals surface area contributed by atoms with E-state index in [2.05, 4.69) is 13.8 Å². The van der Waals surface area contributed by atoms with Crippen LogP contribution in [0.4, 0.5) is 4.39 Å². The van der Waals surface area contributed by atoms with Gasteiger partial charge in [-0.3, -0.25) is 0 Å². The molecule has 196 valence electrons. The number of halogens is 1. The molecule has 1 saturated carbocycles. The third kappa shape index (κ3) is 8.95. The summed E-state index contributed by atoms with van der Waals surface area (Å²) in [6.45, 7) is 4.95. The van der Waals surface area contributed by atoms with E-state index in [4.69, 9.17) is 9.15 Å². The van der Waals surface area contributed by atoms with Crippen LogP contribution in [0.3, 0.4) is 0 Å². The van der Waals surface area contributed by atoms with Crippen molar-refractivity contribution in [2.45, 2.75) is 123 Å². The third-order valence-electron chi connectivity index (χ3n) is 7.87. The molecule has 0 aliphatic heterocycles. The second kappa shape index (κ2) is 15.3. The summed E-state index contributed by atoms with van der Waals surface area (Å²) < 4.78 is 26.2. The summed E-state index contributed by atoms with van der Waals surface area (Å²) in [5, 5.41) is 0.620. The fraction of sp³-hybridized carbons (Fsp3) is 0.710. The average molecular weight is 487 g/mol. The van der Waals surface area contributed by atoms with E-state index in [1.807, 2.05) is 6.07 Å². The maximum atomic E-state index is 15.0. The Morgan fingerprint density at radius 1 is 0.857 bits per heavy atom. The first-order chi connectivity index (χ1) is 17.1. The molecule has 3 rings (SSSR count). The van der Waals surface area contributed by atoms with Gasteiger partial charge in [0.15, 0.2) is 11.6 Å². The van der Waals surface area contributed by atoms with Crippen LogP contribution in [0.1, 0.15) is 122 Å². The Bertz CT molecular complexity index is 927. The minimum Gasteiger partial charge on any atom is -0.490 e. The van der Waals surface area contributed by atoms with Gasteiger partial charge in [-0.25, -0.2) is 9.18 Å². The number of unbranched alkanes of at least 4 members (excludes halogenated alkanes) is 8. The zero-order valence-electron chi connectivity index (χ0n) is 22.2. The standard InChI is InChI=1S/C31H47FO3/c1-3-5-7-8-9-10-12-22-34-28-21-19-26-23-27(35-31(33)29(26)30(28)32)20-18-25-16-14-24(15-17-25)13-11-6-4-2/h19,21,23-25H,3-18,20,22H2,1-2H3. The predicted molar refractivity (Wildman–Crippen MR) is 144 cm³/mol. The van der Waals surface area contributed by atoms with Crippen molar-refractivity contribution in [3.8, 4) is 5.75 Å². The molecule has 2 aromatic rings. The molecule has 0 radical (unpaired) electrons. The predicted octanol–water partition coefficient (Wildman–Crippen LogP) is 9.38. The lowest BCUT2D eigenvalue weighted by Gasteiger charge is -2.28. The van der Waals surface area contributed by atoms with Crippen molar-refractivity contribution >= 4 is 10.8 Å². The van der Waals surface area contributed by atoms with Gasteiger partial charge in [0.05, 0.1) is 6.61 Å². The minimum absolute atomic E-state index is 0.0124. The van der Waals surface area contributed by atoms with Crippen LogP contribution < -0.4 is 10.4 Å². The maximum absolute atomic E-state index is 15.0. The first-order valence-corrected chi connectivity index (χ1v) is 14.5. The van der Waals surface area contributed by atoms with Crippen molar-refractivity contribution in [1.29, 1.82) is 0 Å². The zero-order valence-corrected chi connectivity index (χ0v) is 22.2. The summed E-state index contributed by atoms with van der Waals surface area (Å²) in [4.78, 5) is 12.6. The van der Waals surface area contributed by atoms with Crippen LogP contribution in [0, 0.1) is 17.7 Å². The van der Waals surface area contributed by atoms with Crippen LogP contribution in [0.25, 0.3) is 10.8 Å². The van der Waals surface area contributed by atoms with Gasteiger partial charge in [-0.15, -0.1) is 0 Å². The Kier molecular flexibility index (Phi) is 12.1. The molecule has 1 aromatic carbocycles. The Balaban J connectivity index is 1.47. The topological polar surface area (TPSA) is 39.4 Å². The Hall–Kier alpha value is -1.84. The van der Waals surface area contributed by atoms with E-state index in [-0.39, 0.29) is 11.1 Å². The van der Waals surface area contributed by atoms with Gasteiger partial charge in [-0.1, -0.05) is 110 Å². The molecule has 1 aliphatic carbocycles. The summed E-state index contributed by atoms with van der Waals surface area (Å²) >= 11 is 0. The van der Waals surface area contributed by atoms with Crippen LogP contribution in [-0.2, 0) is 6.42 Å². The van der Waals surface area contributed by atoms with Crippen molar-refractivity contribution < 1.29 is 13.5 Å². The fourth-order valence-corrected chi connectivity index (χ4v) is 5.59. The normalized spacial score (nSPS) is 18.3. The van der Waals surface area contributed by atoms with Crippen LogP contribution in [0.15, 0.2) is 27.4 Å². The largest absolute Gasteiger partial charge is 0.490 e. The molecule has 3 nitrogen and oxygen atoms in total. The number of rotatable bonds is 16. The van der Waals surface area contributed by atoms with E-state index in [0.29, 0.717) is 23.7 Å². The fourth-order valence-electron chi connectivity index (χ4n) is 5.59. The molecule has 0 saturated heterocycles. The second-order valence-corrected chi connectivity index (χ2v) is 10.7. The molecular weight excluding hydrogens is 439 g/mol. The number of fused-ring (bicyclic) bond motifs is 1. The highest BCUT2D eigenvalue weighted by Crippen LogP contribution is 2.34. The molecule has 0 amide bonds. The van der Waals surface area contributed by atoms with E-state index in [1.165, 1.54) is 83.5 Å². The molecule has 0 atom stereocenters. The molecule has 0 N–H and O–H groups in total. The van der Waals surface area contributed by atoms with Crippen molar-refractivity contribution in [1.82, 2.24) is 0 Å². The smallest absolute Gasteiger partial charge is 0.346 e. The highest BCUT2D eigenvalue weighted by molar-refractivity contribution is 5.83. The Morgan fingerprint density at radius 3 is 2.20 bits per heavy atom. The average Bonchev–Trinajstić information content (AvgIpc) is 2.86. The van der Waals surface area contributed by atoms with E-state index >= 15 is 4.39 Å². The van der Waals surface area contributed by atoms with Gasteiger partial charge < -0.3 is 9.15 Å². The minimum atomic E-state index is -0.591. The van der Waals surface area contributed by atoms with Crippen LogP contribution in [0.2, 0.25) is 0 Å². The van der Waals surface area contributed by atoms with Gasteiger partial charge >= 0.3 is 5.63 Å². The van der Waals surface area contributed by atoms with E-state index in [9.17, 15) is 4.79 Å². The number of benzene rings is 1. The third-order valence-corrected chi connectivity index (χ3v) is 7.87. The van der Waals surface area contributed by atoms with E-state index < -0.39 is 11.4 Å². The van der Waals surface area contributed by atoms with Crippen LogP contribution >= 0.6 is 0 Å². The lowest BCUT2D eigenvalue weighted by atomic mass is 9.78. The lowest BCUT2D eigenvalue weighted by molar-refractivity contribution is 0.245. The molecular formula is C31H47FO3. The molecule has 35 heavy (non-hydrogen) atoms. The number of aryl methyl sites for hydroxylation is 1. The van der Waals surface area contributed by atoms with Gasteiger partial charge in [0.1, 0.15) is 11.1 Å². The summed E-state index contributed by atoms with van der Waals surface area (Å²) in [7, 11) is 0. The van der Waals surface area contributed by atoms with Gasteiger partial charge in [0, 0.05) is 6.42 Å². The first-order valence-electron chi connectivity index (χ1n) is 14.5.